The van der Waals surface area contributed by atoms with Crippen LogP contribution in [-0.4, -0.2) is 22.7 Å². The van der Waals surface area contributed by atoms with E-state index in [2.05, 4.69) is 22.6 Å². The molecule has 3 nitrogen and oxygen atoms in total. The first kappa shape index (κ1) is 10.1. The molecule has 2 rings (SSSR count). The first-order valence-corrected chi connectivity index (χ1v) is 5.99. The average molecular weight is 212 g/mol. The summed E-state index contributed by atoms with van der Waals surface area (Å²) in [6.45, 7) is 3.12. The fourth-order valence-electron chi connectivity index (χ4n) is 1.75. The van der Waals surface area contributed by atoms with Crippen molar-refractivity contribution in [2.24, 2.45) is 5.92 Å². The quantitative estimate of drug-likeness (QED) is 0.796. The third-order valence-corrected chi connectivity index (χ3v) is 3.42. The Morgan fingerprint density at radius 3 is 3.07 bits per heavy atom. The molecule has 0 aliphatic heterocycles. The zero-order valence-corrected chi connectivity index (χ0v) is 9.13. The Kier molecular flexibility index (Phi) is 3.15. The minimum Gasteiger partial charge on any atom is -0.393 e. The highest BCUT2D eigenvalue weighted by atomic mass is 32.1. The third-order valence-electron chi connectivity index (χ3n) is 2.82. The monoisotopic (exact) mass is 212 g/mol. The van der Waals surface area contributed by atoms with Crippen molar-refractivity contribution in [2.75, 3.05) is 6.54 Å². The third kappa shape index (κ3) is 2.32. The molecule has 0 spiro atoms. The second-order valence-electron chi connectivity index (χ2n) is 4.03. The Labute approximate surface area is 88.2 Å². The van der Waals surface area contributed by atoms with Crippen molar-refractivity contribution < 1.29 is 5.11 Å². The number of rotatable bonds is 4. The number of nitrogens with zero attached hydrogens (tertiary/aromatic N) is 1. The normalized spacial score (nSPS) is 28.4. The number of hydrogen-bond donors (Lipinski definition) is 2. The van der Waals surface area contributed by atoms with Crippen molar-refractivity contribution >= 4 is 11.3 Å². The summed E-state index contributed by atoms with van der Waals surface area (Å²) in [5.41, 5.74) is 2.98. The Morgan fingerprint density at radius 2 is 2.50 bits per heavy atom. The molecule has 0 radical (unpaired) electrons. The Morgan fingerprint density at radius 1 is 1.71 bits per heavy atom. The van der Waals surface area contributed by atoms with Crippen molar-refractivity contribution in [3.05, 3.63) is 16.6 Å². The van der Waals surface area contributed by atoms with Gasteiger partial charge in [-0.05, 0) is 32.2 Å². The second-order valence-corrected chi connectivity index (χ2v) is 4.75. The number of nitrogens with one attached hydrogen (secondary N) is 1. The van der Waals surface area contributed by atoms with Crippen molar-refractivity contribution in [3.8, 4) is 0 Å². The van der Waals surface area contributed by atoms with Crippen LogP contribution in [0.3, 0.4) is 0 Å². The van der Waals surface area contributed by atoms with Crippen molar-refractivity contribution in [3.63, 3.8) is 0 Å². The second kappa shape index (κ2) is 4.38. The van der Waals surface area contributed by atoms with Gasteiger partial charge in [-0.1, -0.05) is 0 Å². The first-order chi connectivity index (χ1) is 6.75. The Bertz CT molecular complexity index is 270. The van der Waals surface area contributed by atoms with Crippen LogP contribution in [0.4, 0.5) is 0 Å². The van der Waals surface area contributed by atoms with E-state index in [0.29, 0.717) is 12.0 Å². The maximum absolute atomic E-state index is 9.13. The molecule has 78 valence electrons. The highest BCUT2D eigenvalue weighted by Gasteiger charge is 2.27. The molecule has 4 heteroatoms. The lowest BCUT2D eigenvalue weighted by Crippen LogP contribution is -2.37. The van der Waals surface area contributed by atoms with E-state index in [1.807, 2.05) is 5.51 Å². The lowest BCUT2D eigenvalue weighted by Gasteiger charge is -2.32. The number of thiazole rings is 1. The van der Waals surface area contributed by atoms with Gasteiger partial charge in [0.15, 0.2) is 0 Å². The van der Waals surface area contributed by atoms with Gasteiger partial charge in [0.25, 0.3) is 0 Å². The maximum Gasteiger partial charge on any atom is 0.0795 e. The highest BCUT2D eigenvalue weighted by Crippen LogP contribution is 2.26. The molecule has 1 aliphatic carbocycles. The van der Waals surface area contributed by atoms with E-state index < -0.39 is 0 Å². The van der Waals surface area contributed by atoms with E-state index in [1.54, 1.807) is 11.3 Å². The van der Waals surface area contributed by atoms with Gasteiger partial charge in [0.2, 0.25) is 0 Å². The zero-order chi connectivity index (χ0) is 9.97. The summed E-state index contributed by atoms with van der Waals surface area (Å²) in [5, 5.41) is 14.6. The van der Waals surface area contributed by atoms with Gasteiger partial charge in [-0.15, -0.1) is 11.3 Å². The molecule has 1 aromatic rings. The molecule has 1 saturated carbocycles. The first-order valence-electron chi connectivity index (χ1n) is 5.05. The molecular weight excluding hydrogens is 196 g/mol. The predicted octanol–water partition coefficient (Wildman–Crippen LogP) is 1.56. The topological polar surface area (TPSA) is 45.1 Å². The largest absolute Gasteiger partial charge is 0.393 e. The summed E-state index contributed by atoms with van der Waals surface area (Å²) in [6.07, 6.45) is 1.87. The van der Waals surface area contributed by atoms with Crippen LogP contribution >= 0.6 is 11.3 Å². The number of aliphatic hydroxyl groups is 1. The van der Waals surface area contributed by atoms with Crippen LogP contribution < -0.4 is 5.32 Å². The molecule has 1 fully saturated rings. The molecule has 1 aliphatic rings. The molecular formula is C10H16N2OS. The molecule has 1 atom stereocenters. The van der Waals surface area contributed by atoms with Crippen LogP contribution in [0, 0.1) is 5.92 Å². The Hall–Kier alpha value is -0.450. The van der Waals surface area contributed by atoms with E-state index >= 15 is 0 Å². The van der Waals surface area contributed by atoms with Crippen LogP contribution in [0.25, 0.3) is 0 Å². The van der Waals surface area contributed by atoms with Gasteiger partial charge in [0, 0.05) is 11.4 Å². The van der Waals surface area contributed by atoms with E-state index in [0.717, 1.165) is 25.1 Å². The molecule has 1 unspecified atom stereocenters. The van der Waals surface area contributed by atoms with Crippen LogP contribution in [0.2, 0.25) is 0 Å². The van der Waals surface area contributed by atoms with Crippen molar-refractivity contribution in [1.29, 1.82) is 0 Å². The predicted molar refractivity (Wildman–Crippen MR) is 57.3 cm³/mol. The minimum atomic E-state index is -0.0450. The zero-order valence-electron chi connectivity index (χ0n) is 8.31. The lowest BCUT2D eigenvalue weighted by molar-refractivity contribution is 0.0420. The number of aliphatic hydroxyl groups excluding tert-OH is 1. The SMILES string of the molecule is CC(NCC1CC(O)C1)c1cscn1. The van der Waals surface area contributed by atoms with Gasteiger partial charge in [-0.2, -0.15) is 0 Å². The van der Waals surface area contributed by atoms with E-state index in [4.69, 9.17) is 5.11 Å². The molecule has 0 amide bonds. The minimum absolute atomic E-state index is 0.0450. The summed E-state index contributed by atoms with van der Waals surface area (Å²) < 4.78 is 0. The fraction of sp³-hybridized carbons (Fsp3) is 0.700. The molecule has 1 heterocycles. The van der Waals surface area contributed by atoms with Gasteiger partial charge in [0.05, 0.1) is 17.3 Å². The van der Waals surface area contributed by atoms with Gasteiger partial charge in [-0.3, -0.25) is 0 Å². The molecule has 2 N–H and O–H groups in total. The average Bonchev–Trinajstić information content (AvgIpc) is 2.62. The Balaban J connectivity index is 1.71. The summed E-state index contributed by atoms with van der Waals surface area (Å²) in [6, 6.07) is 0.332. The molecule has 14 heavy (non-hydrogen) atoms. The molecule has 1 aromatic heterocycles. The smallest absolute Gasteiger partial charge is 0.0795 e. The van der Waals surface area contributed by atoms with E-state index in [1.165, 1.54) is 0 Å². The van der Waals surface area contributed by atoms with Crippen LogP contribution in [0.1, 0.15) is 31.5 Å². The fourth-order valence-corrected chi connectivity index (χ4v) is 2.40. The van der Waals surface area contributed by atoms with Gasteiger partial charge < -0.3 is 10.4 Å². The van der Waals surface area contributed by atoms with E-state index in [-0.39, 0.29) is 6.10 Å². The van der Waals surface area contributed by atoms with Crippen LogP contribution in [-0.2, 0) is 0 Å². The van der Waals surface area contributed by atoms with Gasteiger partial charge in [0.1, 0.15) is 0 Å². The number of aromatic nitrogens is 1. The summed E-state index contributed by atoms with van der Waals surface area (Å²) in [4.78, 5) is 4.26. The van der Waals surface area contributed by atoms with Gasteiger partial charge >= 0.3 is 0 Å². The maximum atomic E-state index is 9.13. The molecule has 0 saturated heterocycles. The van der Waals surface area contributed by atoms with Crippen molar-refractivity contribution in [2.45, 2.75) is 31.9 Å². The van der Waals surface area contributed by atoms with E-state index in [9.17, 15) is 0 Å². The standard InChI is InChI=1S/C10H16N2OS/c1-7(10-5-14-6-12-10)11-4-8-2-9(13)3-8/h5-9,11,13H,2-4H2,1H3. The summed E-state index contributed by atoms with van der Waals surface area (Å²) in [7, 11) is 0. The molecule has 0 bridgehead atoms. The lowest BCUT2D eigenvalue weighted by atomic mass is 9.82. The van der Waals surface area contributed by atoms with Crippen molar-refractivity contribution in [1.82, 2.24) is 10.3 Å². The summed E-state index contributed by atoms with van der Waals surface area (Å²) in [5.74, 6) is 0.658. The van der Waals surface area contributed by atoms with Gasteiger partial charge in [-0.25, -0.2) is 4.98 Å². The van der Waals surface area contributed by atoms with Crippen LogP contribution in [0.15, 0.2) is 10.9 Å². The number of hydrogen-bond acceptors (Lipinski definition) is 4. The molecule has 0 aromatic carbocycles. The van der Waals surface area contributed by atoms with Crippen LogP contribution in [0.5, 0.6) is 0 Å². The summed E-state index contributed by atoms with van der Waals surface area (Å²) >= 11 is 1.63. The highest BCUT2D eigenvalue weighted by molar-refractivity contribution is 7.07.